The summed E-state index contributed by atoms with van der Waals surface area (Å²) >= 11 is 0. The van der Waals surface area contributed by atoms with Crippen molar-refractivity contribution in [3.8, 4) is 11.5 Å². The molecular formula is C23H28N2O3. The molecule has 2 aromatic carbocycles. The largest absolute Gasteiger partial charge is 0.454 e. The van der Waals surface area contributed by atoms with Crippen LogP contribution in [0.1, 0.15) is 31.7 Å². The van der Waals surface area contributed by atoms with E-state index in [0.717, 1.165) is 56.1 Å². The smallest absolute Gasteiger partial charge is 0.231 e. The highest BCUT2D eigenvalue weighted by Crippen LogP contribution is 2.37. The Bertz CT molecular complexity index is 801. The van der Waals surface area contributed by atoms with Gasteiger partial charge in [0.05, 0.1) is 0 Å². The van der Waals surface area contributed by atoms with Gasteiger partial charge in [-0.2, -0.15) is 0 Å². The molecule has 1 saturated heterocycles. The molecule has 0 atom stereocenters. The predicted molar refractivity (Wildman–Crippen MR) is 110 cm³/mol. The third kappa shape index (κ3) is 4.14. The molecular weight excluding hydrogens is 352 g/mol. The molecule has 28 heavy (non-hydrogen) atoms. The second kappa shape index (κ2) is 8.65. The molecule has 1 fully saturated rings. The molecule has 4 rings (SSSR count). The van der Waals surface area contributed by atoms with E-state index in [4.69, 9.17) is 9.47 Å². The second-order valence-electron chi connectivity index (χ2n) is 7.46. The number of amides is 1. The van der Waals surface area contributed by atoms with Crippen LogP contribution in [0.15, 0.2) is 48.5 Å². The maximum atomic E-state index is 12.7. The first-order valence-electron chi connectivity index (χ1n) is 10.2. The first-order chi connectivity index (χ1) is 13.7. The SMILES string of the molecule is CCC(=O)N(c1ccc2c(c1)OCO2)C1CCN(CCc2ccccc2)CC1. The molecule has 2 aliphatic rings. The maximum absolute atomic E-state index is 12.7. The Hall–Kier alpha value is -2.53. The lowest BCUT2D eigenvalue weighted by Gasteiger charge is -2.38. The van der Waals surface area contributed by atoms with Crippen LogP contribution in [0.2, 0.25) is 0 Å². The summed E-state index contributed by atoms with van der Waals surface area (Å²) in [6.07, 6.45) is 3.57. The van der Waals surface area contributed by atoms with Crippen LogP contribution in [0.25, 0.3) is 0 Å². The van der Waals surface area contributed by atoms with Crippen molar-refractivity contribution in [3.05, 3.63) is 54.1 Å². The van der Waals surface area contributed by atoms with Crippen LogP contribution in [-0.4, -0.2) is 43.3 Å². The van der Waals surface area contributed by atoms with Gasteiger partial charge in [0.15, 0.2) is 11.5 Å². The van der Waals surface area contributed by atoms with Crippen LogP contribution >= 0.6 is 0 Å². The minimum atomic E-state index is 0.168. The Labute approximate surface area is 166 Å². The summed E-state index contributed by atoms with van der Waals surface area (Å²) in [6.45, 7) is 5.30. The molecule has 5 heteroatoms. The summed E-state index contributed by atoms with van der Waals surface area (Å²) in [5, 5.41) is 0. The fourth-order valence-electron chi connectivity index (χ4n) is 4.10. The number of ether oxygens (including phenoxy) is 2. The van der Waals surface area contributed by atoms with Crippen molar-refractivity contribution >= 4 is 11.6 Å². The van der Waals surface area contributed by atoms with E-state index in [0.29, 0.717) is 6.42 Å². The predicted octanol–water partition coefficient (Wildman–Crippen LogP) is 3.87. The zero-order valence-corrected chi connectivity index (χ0v) is 16.5. The van der Waals surface area contributed by atoms with Gasteiger partial charge in [-0.15, -0.1) is 0 Å². The molecule has 0 spiro atoms. The molecule has 0 radical (unpaired) electrons. The monoisotopic (exact) mass is 380 g/mol. The highest BCUT2D eigenvalue weighted by molar-refractivity contribution is 5.94. The van der Waals surface area contributed by atoms with E-state index in [1.54, 1.807) is 0 Å². The van der Waals surface area contributed by atoms with Gasteiger partial charge in [0, 0.05) is 43.9 Å². The van der Waals surface area contributed by atoms with E-state index in [9.17, 15) is 4.79 Å². The highest BCUT2D eigenvalue weighted by Gasteiger charge is 2.29. The number of fused-ring (bicyclic) bond motifs is 1. The Morgan fingerprint density at radius 1 is 1.07 bits per heavy atom. The van der Waals surface area contributed by atoms with E-state index in [1.165, 1.54) is 5.56 Å². The first kappa shape index (κ1) is 18.8. The van der Waals surface area contributed by atoms with Gasteiger partial charge < -0.3 is 19.3 Å². The lowest BCUT2D eigenvalue weighted by atomic mass is 10.0. The zero-order chi connectivity index (χ0) is 19.3. The topological polar surface area (TPSA) is 42.0 Å². The van der Waals surface area contributed by atoms with E-state index in [2.05, 4.69) is 35.2 Å². The lowest BCUT2D eigenvalue weighted by molar-refractivity contribution is -0.119. The normalized spacial score (nSPS) is 16.9. The molecule has 1 amide bonds. The van der Waals surface area contributed by atoms with Gasteiger partial charge in [-0.3, -0.25) is 4.79 Å². The van der Waals surface area contributed by atoms with E-state index >= 15 is 0 Å². The molecule has 0 unspecified atom stereocenters. The molecule has 2 heterocycles. The number of carbonyl (C=O) groups is 1. The number of likely N-dealkylation sites (tertiary alicyclic amines) is 1. The van der Waals surface area contributed by atoms with Crippen LogP contribution in [0.3, 0.4) is 0 Å². The van der Waals surface area contributed by atoms with Gasteiger partial charge in [0.1, 0.15) is 0 Å². The number of nitrogens with zero attached hydrogens (tertiary/aromatic N) is 2. The molecule has 0 N–H and O–H groups in total. The molecule has 0 aliphatic carbocycles. The maximum Gasteiger partial charge on any atom is 0.231 e. The van der Waals surface area contributed by atoms with Crippen molar-refractivity contribution in [1.29, 1.82) is 0 Å². The summed E-state index contributed by atoms with van der Waals surface area (Å²) in [4.78, 5) is 17.2. The van der Waals surface area contributed by atoms with Crippen LogP contribution < -0.4 is 14.4 Å². The fraction of sp³-hybridized carbons (Fsp3) is 0.435. The number of hydrogen-bond acceptors (Lipinski definition) is 4. The number of benzene rings is 2. The molecule has 2 aliphatic heterocycles. The number of piperidine rings is 1. The summed E-state index contributed by atoms with van der Waals surface area (Å²) < 4.78 is 10.9. The van der Waals surface area contributed by atoms with Gasteiger partial charge in [-0.05, 0) is 37.0 Å². The van der Waals surface area contributed by atoms with Crippen LogP contribution in [0.4, 0.5) is 5.69 Å². The third-order valence-electron chi connectivity index (χ3n) is 5.69. The van der Waals surface area contributed by atoms with Gasteiger partial charge >= 0.3 is 0 Å². The Balaban J connectivity index is 1.39. The summed E-state index contributed by atoms with van der Waals surface area (Å²) in [5.74, 6) is 1.65. The van der Waals surface area contributed by atoms with Crippen molar-refractivity contribution in [2.45, 2.75) is 38.6 Å². The van der Waals surface area contributed by atoms with Gasteiger partial charge in [-0.1, -0.05) is 37.3 Å². The minimum absolute atomic E-state index is 0.168. The number of carbonyl (C=O) groups excluding carboxylic acids is 1. The lowest BCUT2D eigenvalue weighted by Crippen LogP contribution is -2.47. The highest BCUT2D eigenvalue weighted by atomic mass is 16.7. The summed E-state index contributed by atoms with van der Waals surface area (Å²) in [7, 11) is 0. The van der Waals surface area contributed by atoms with Gasteiger partial charge in [-0.25, -0.2) is 0 Å². The van der Waals surface area contributed by atoms with Crippen molar-refractivity contribution in [2.24, 2.45) is 0 Å². The second-order valence-corrected chi connectivity index (χ2v) is 7.46. The average molecular weight is 380 g/mol. The zero-order valence-electron chi connectivity index (χ0n) is 16.5. The molecule has 5 nitrogen and oxygen atoms in total. The van der Waals surface area contributed by atoms with Crippen LogP contribution in [0.5, 0.6) is 11.5 Å². The number of hydrogen-bond donors (Lipinski definition) is 0. The van der Waals surface area contributed by atoms with Gasteiger partial charge in [0.2, 0.25) is 12.7 Å². The Morgan fingerprint density at radius 3 is 2.57 bits per heavy atom. The van der Waals surface area contributed by atoms with Crippen molar-refractivity contribution in [2.75, 3.05) is 31.3 Å². The van der Waals surface area contributed by atoms with Gasteiger partial charge in [0.25, 0.3) is 0 Å². The standard InChI is InChI=1S/C23H28N2O3/c1-2-23(26)25(20-8-9-21-22(16-20)28-17-27-21)19-11-14-24(15-12-19)13-10-18-6-4-3-5-7-18/h3-9,16,19H,2,10-15,17H2,1H3. The minimum Gasteiger partial charge on any atom is -0.454 e. The first-order valence-corrected chi connectivity index (χ1v) is 10.2. The fourth-order valence-corrected chi connectivity index (χ4v) is 4.10. The molecule has 0 aromatic heterocycles. The molecule has 2 aromatic rings. The summed E-state index contributed by atoms with van der Waals surface area (Å²) in [6, 6.07) is 16.7. The summed E-state index contributed by atoms with van der Waals surface area (Å²) in [5.41, 5.74) is 2.30. The van der Waals surface area contributed by atoms with E-state index in [1.807, 2.05) is 30.0 Å². The van der Waals surface area contributed by atoms with E-state index in [-0.39, 0.29) is 18.7 Å². The Kier molecular flexibility index (Phi) is 5.81. The quantitative estimate of drug-likeness (QED) is 0.763. The van der Waals surface area contributed by atoms with Crippen molar-refractivity contribution in [1.82, 2.24) is 4.90 Å². The number of rotatable bonds is 6. The number of anilines is 1. The molecule has 0 saturated carbocycles. The molecule has 148 valence electrons. The van der Waals surface area contributed by atoms with Crippen LogP contribution in [0, 0.1) is 0 Å². The average Bonchev–Trinajstić information content (AvgIpc) is 3.22. The van der Waals surface area contributed by atoms with Crippen molar-refractivity contribution < 1.29 is 14.3 Å². The Morgan fingerprint density at radius 2 is 1.82 bits per heavy atom. The van der Waals surface area contributed by atoms with Crippen LogP contribution in [-0.2, 0) is 11.2 Å². The third-order valence-corrected chi connectivity index (χ3v) is 5.69. The van der Waals surface area contributed by atoms with Crippen molar-refractivity contribution in [3.63, 3.8) is 0 Å². The van der Waals surface area contributed by atoms with E-state index < -0.39 is 0 Å². The molecule has 0 bridgehead atoms.